The maximum Gasteiger partial charge on any atom is 0.315 e. The summed E-state index contributed by atoms with van der Waals surface area (Å²) in [6.45, 7) is 10.6. The highest BCUT2D eigenvalue weighted by molar-refractivity contribution is 5.73. The Bertz CT molecular complexity index is 433. The van der Waals surface area contributed by atoms with Crippen molar-refractivity contribution in [3.8, 4) is 0 Å². The van der Waals surface area contributed by atoms with Gasteiger partial charge in [-0.2, -0.15) is 5.10 Å². The minimum absolute atomic E-state index is 0.132. The van der Waals surface area contributed by atoms with E-state index in [-0.39, 0.29) is 17.6 Å². The molecule has 0 aliphatic carbocycles. The summed E-state index contributed by atoms with van der Waals surface area (Å²) in [5.74, 6) is 0. The molecule has 1 unspecified atom stereocenters. The van der Waals surface area contributed by atoms with E-state index < -0.39 is 0 Å². The van der Waals surface area contributed by atoms with Crippen LogP contribution >= 0.6 is 0 Å². The minimum Gasteiger partial charge on any atom is -0.393 e. The Hall–Kier alpha value is -1.56. The molecule has 0 saturated carbocycles. The van der Waals surface area contributed by atoms with Gasteiger partial charge in [-0.3, -0.25) is 5.10 Å². The fourth-order valence-corrected chi connectivity index (χ4v) is 2.26. The van der Waals surface area contributed by atoms with Crippen molar-refractivity contribution in [3.63, 3.8) is 0 Å². The lowest BCUT2D eigenvalue weighted by Crippen LogP contribution is -2.41. The number of aromatic amines is 1. The van der Waals surface area contributed by atoms with Crippen LogP contribution in [0.1, 0.15) is 44.1 Å². The normalized spacial score (nSPS) is 13.1. The van der Waals surface area contributed by atoms with Gasteiger partial charge in [0.2, 0.25) is 0 Å². The largest absolute Gasteiger partial charge is 0.393 e. The summed E-state index contributed by atoms with van der Waals surface area (Å²) in [6, 6.07) is -0.205. The molecule has 20 heavy (non-hydrogen) atoms. The Morgan fingerprint density at radius 1 is 1.40 bits per heavy atom. The topological polar surface area (TPSA) is 90.0 Å². The summed E-state index contributed by atoms with van der Waals surface area (Å²) in [4.78, 5) is 11.8. The summed E-state index contributed by atoms with van der Waals surface area (Å²) >= 11 is 0. The third-order valence-corrected chi connectivity index (χ3v) is 3.28. The molecule has 1 aromatic rings. The first-order valence-electron chi connectivity index (χ1n) is 6.91. The number of hydrogen-bond donors (Lipinski definition) is 4. The van der Waals surface area contributed by atoms with Gasteiger partial charge in [0, 0.05) is 24.3 Å². The van der Waals surface area contributed by atoms with Gasteiger partial charge in [0.15, 0.2) is 0 Å². The lowest BCUT2D eigenvalue weighted by molar-refractivity contribution is 0.129. The maximum absolute atomic E-state index is 11.8. The molecular formula is C14H26N4O2. The van der Waals surface area contributed by atoms with Gasteiger partial charge in [-0.25, -0.2) is 4.79 Å². The first-order valence-corrected chi connectivity index (χ1v) is 6.91. The van der Waals surface area contributed by atoms with Gasteiger partial charge < -0.3 is 15.7 Å². The Morgan fingerprint density at radius 3 is 2.55 bits per heavy atom. The van der Waals surface area contributed by atoms with Crippen molar-refractivity contribution in [3.05, 3.63) is 17.0 Å². The second-order valence-electron chi connectivity index (χ2n) is 6.17. The van der Waals surface area contributed by atoms with Crippen LogP contribution in [0.3, 0.4) is 0 Å². The number of carbonyl (C=O) groups excluding carboxylic acids is 1. The van der Waals surface area contributed by atoms with Crippen molar-refractivity contribution >= 4 is 6.03 Å². The number of nitrogens with zero attached hydrogens (tertiary/aromatic N) is 1. The number of amides is 2. The van der Waals surface area contributed by atoms with Crippen molar-refractivity contribution < 1.29 is 9.90 Å². The van der Waals surface area contributed by atoms with Gasteiger partial charge in [-0.05, 0) is 32.6 Å². The van der Waals surface area contributed by atoms with Crippen LogP contribution in [-0.2, 0) is 6.54 Å². The summed E-state index contributed by atoms with van der Waals surface area (Å²) < 4.78 is 0. The molecule has 6 heteroatoms. The summed E-state index contributed by atoms with van der Waals surface area (Å²) in [5.41, 5.74) is 2.75. The molecule has 0 saturated heterocycles. The molecule has 114 valence electrons. The van der Waals surface area contributed by atoms with Gasteiger partial charge >= 0.3 is 6.03 Å². The molecule has 0 spiro atoms. The number of urea groups is 1. The van der Waals surface area contributed by atoms with Crippen LogP contribution in [0.5, 0.6) is 0 Å². The van der Waals surface area contributed by atoms with Crippen molar-refractivity contribution in [2.24, 2.45) is 5.41 Å². The number of aliphatic hydroxyl groups is 1. The van der Waals surface area contributed by atoms with Gasteiger partial charge in [-0.1, -0.05) is 13.8 Å². The van der Waals surface area contributed by atoms with Crippen LogP contribution < -0.4 is 10.6 Å². The summed E-state index contributed by atoms with van der Waals surface area (Å²) in [6.07, 6.45) is 0.277. The van der Waals surface area contributed by atoms with E-state index >= 15 is 0 Å². The van der Waals surface area contributed by atoms with Crippen molar-refractivity contribution in [1.82, 2.24) is 20.8 Å². The molecule has 2 amide bonds. The Balaban J connectivity index is 2.38. The third-order valence-electron chi connectivity index (χ3n) is 3.28. The highest BCUT2D eigenvalue weighted by Gasteiger charge is 2.21. The molecular weight excluding hydrogens is 256 g/mol. The van der Waals surface area contributed by atoms with Crippen molar-refractivity contribution in [2.75, 3.05) is 6.54 Å². The van der Waals surface area contributed by atoms with Gasteiger partial charge in [0.1, 0.15) is 0 Å². The quantitative estimate of drug-likeness (QED) is 0.639. The molecule has 1 atom stereocenters. The van der Waals surface area contributed by atoms with Crippen LogP contribution in [0, 0.1) is 19.3 Å². The van der Waals surface area contributed by atoms with Crippen LogP contribution in [0.15, 0.2) is 0 Å². The van der Waals surface area contributed by atoms with Gasteiger partial charge in [0.05, 0.1) is 11.8 Å². The highest BCUT2D eigenvalue weighted by atomic mass is 16.3. The zero-order valence-corrected chi connectivity index (χ0v) is 13.0. The molecule has 1 rings (SSSR count). The van der Waals surface area contributed by atoms with Crippen LogP contribution in [0.25, 0.3) is 0 Å². The molecule has 1 aromatic heterocycles. The fraction of sp³-hybridized carbons (Fsp3) is 0.714. The average Bonchev–Trinajstić information content (AvgIpc) is 2.62. The van der Waals surface area contributed by atoms with E-state index in [9.17, 15) is 9.90 Å². The predicted octanol–water partition coefficient (Wildman–Crippen LogP) is 1.62. The average molecular weight is 282 g/mol. The molecule has 0 fully saturated rings. The molecule has 0 bridgehead atoms. The van der Waals surface area contributed by atoms with Gasteiger partial charge in [0.25, 0.3) is 0 Å². The van der Waals surface area contributed by atoms with E-state index in [2.05, 4.69) is 20.8 Å². The van der Waals surface area contributed by atoms with E-state index in [4.69, 9.17) is 0 Å². The second kappa shape index (κ2) is 6.74. The number of hydrogen-bond acceptors (Lipinski definition) is 3. The van der Waals surface area contributed by atoms with E-state index in [1.54, 1.807) is 6.92 Å². The van der Waals surface area contributed by atoms with Crippen molar-refractivity contribution in [2.45, 2.75) is 53.7 Å². The number of H-pyrrole nitrogens is 1. The molecule has 6 nitrogen and oxygen atoms in total. The lowest BCUT2D eigenvalue weighted by Gasteiger charge is -2.26. The Labute approximate surface area is 120 Å². The number of rotatable bonds is 6. The van der Waals surface area contributed by atoms with Crippen LogP contribution in [0.4, 0.5) is 4.79 Å². The smallest absolute Gasteiger partial charge is 0.315 e. The SMILES string of the molecule is Cc1n[nH]c(C)c1CNC(=O)NCC(C)(C)CC(C)O. The monoisotopic (exact) mass is 282 g/mol. The summed E-state index contributed by atoms with van der Waals surface area (Å²) in [5, 5.41) is 22.0. The zero-order valence-electron chi connectivity index (χ0n) is 13.0. The molecule has 0 aromatic carbocycles. The standard InChI is InChI=1S/C14H26N4O2/c1-9(19)6-14(4,5)8-16-13(20)15-7-12-10(2)17-18-11(12)3/h9,19H,6-8H2,1-5H3,(H,17,18)(H2,15,16,20). The molecule has 4 N–H and O–H groups in total. The van der Waals surface area contributed by atoms with E-state index in [0.29, 0.717) is 19.5 Å². The fourth-order valence-electron chi connectivity index (χ4n) is 2.26. The Morgan fingerprint density at radius 2 is 2.05 bits per heavy atom. The number of carbonyl (C=O) groups is 1. The lowest BCUT2D eigenvalue weighted by atomic mass is 9.87. The summed E-state index contributed by atoms with van der Waals surface area (Å²) in [7, 11) is 0. The second-order valence-corrected chi connectivity index (χ2v) is 6.17. The first kappa shape index (κ1) is 16.5. The van der Waals surface area contributed by atoms with Crippen molar-refractivity contribution in [1.29, 1.82) is 0 Å². The number of aliphatic hydroxyl groups excluding tert-OH is 1. The molecule has 0 aliphatic heterocycles. The van der Waals surface area contributed by atoms with E-state index in [1.807, 2.05) is 27.7 Å². The highest BCUT2D eigenvalue weighted by Crippen LogP contribution is 2.20. The first-order chi connectivity index (χ1) is 9.21. The minimum atomic E-state index is -0.369. The number of aryl methyl sites for hydroxylation is 2. The predicted molar refractivity (Wildman–Crippen MR) is 78.4 cm³/mol. The Kier molecular flexibility index (Phi) is 5.56. The van der Waals surface area contributed by atoms with Gasteiger partial charge in [-0.15, -0.1) is 0 Å². The van der Waals surface area contributed by atoms with E-state index in [1.165, 1.54) is 0 Å². The molecule has 1 heterocycles. The molecule has 0 aliphatic rings. The third kappa shape index (κ3) is 5.21. The maximum atomic E-state index is 11.8. The number of aromatic nitrogens is 2. The van der Waals surface area contributed by atoms with E-state index in [0.717, 1.165) is 17.0 Å². The molecule has 0 radical (unpaired) electrons. The van der Waals surface area contributed by atoms with Crippen LogP contribution in [-0.4, -0.2) is 34.0 Å². The van der Waals surface area contributed by atoms with Crippen LogP contribution in [0.2, 0.25) is 0 Å². The zero-order chi connectivity index (χ0) is 15.3. The number of nitrogens with one attached hydrogen (secondary N) is 3.